The van der Waals surface area contributed by atoms with Crippen LogP contribution in [0.15, 0.2) is 88.7 Å². The molecular formula is C19H19Cl3O6S2. The van der Waals surface area contributed by atoms with Crippen molar-refractivity contribution < 1.29 is 25.9 Å². The van der Waals surface area contributed by atoms with Crippen LogP contribution in [0, 0.1) is 0 Å². The molecule has 11 heteroatoms. The molecule has 0 spiro atoms. The van der Waals surface area contributed by atoms with Gasteiger partial charge in [0.05, 0.1) is 9.79 Å². The van der Waals surface area contributed by atoms with Crippen LogP contribution in [-0.4, -0.2) is 25.9 Å². The largest absolute Gasteiger partial charge is 0.394 e. The molecular weight excluding hydrogens is 495 g/mol. The lowest BCUT2D eigenvalue weighted by molar-refractivity contribution is 0.381. The predicted molar refractivity (Wildman–Crippen MR) is 121 cm³/mol. The monoisotopic (exact) mass is 512 g/mol. The van der Waals surface area contributed by atoms with Crippen LogP contribution in [0.3, 0.4) is 0 Å². The minimum Gasteiger partial charge on any atom is -0.264 e. The van der Waals surface area contributed by atoms with Crippen molar-refractivity contribution in [2.24, 2.45) is 0 Å². The Morgan fingerprint density at radius 3 is 1.03 bits per heavy atom. The van der Waals surface area contributed by atoms with Crippen molar-refractivity contribution >= 4 is 55.0 Å². The van der Waals surface area contributed by atoms with E-state index >= 15 is 0 Å². The van der Waals surface area contributed by atoms with E-state index in [1.165, 1.54) is 24.3 Å². The number of sulfone groups is 1. The van der Waals surface area contributed by atoms with E-state index in [2.05, 4.69) is 0 Å². The highest BCUT2D eigenvalue weighted by molar-refractivity contribution is 7.91. The number of hydrogen-bond donors (Lipinski definition) is 2. The Morgan fingerprint density at radius 2 is 0.800 bits per heavy atom. The van der Waals surface area contributed by atoms with Crippen molar-refractivity contribution in [3.63, 3.8) is 0 Å². The van der Waals surface area contributed by atoms with Gasteiger partial charge in [-0.15, -0.1) is 0 Å². The van der Waals surface area contributed by atoms with Gasteiger partial charge in [-0.25, -0.2) is 8.42 Å². The molecule has 3 aromatic carbocycles. The molecule has 0 aliphatic heterocycles. The fourth-order valence-electron chi connectivity index (χ4n) is 1.78. The summed E-state index contributed by atoms with van der Waals surface area (Å²) in [6.45, 7) is 0. The SMILES string of the molecule is C.Clc1ccccc1.O=S(=O)(O)O.O=S(=O)(c1ccc(Cl)cc1)c1ccc(Cl)cc1. The van der Waals surface area contributed by atoms with E-state index in [1.54, 1.807) is 24.3 Å². The van der Waals surface area contributed by atoms with Crippen molar-refractivity contribution in [1.29, 1.82) is 0 Å². The van der Waals surface area contributed by atoms with Crippen molar-refractivity contribution in [3.8, 4) is 0 Å². The summed E-state index contributed by atoms with van der Waals surface area (Å²) in [4.78, 5) is 0.424. The summed E-state index contributed by atoms with van der Waals surface area (Å²) in [7, 11) is -8.16. The maximum atomic E-state index is 12.2. The lowest BCUT2D eigenvalue weighted by Gasteiger charge is -2.04. The lowest BCUT2D eigenvalue weighted by Crippen LogP contribution is -2.01. The molecule has 0 aliphatic rings. The van der Waals surface area contributed by atoms with E-state index in [0.717, 1.165) is 5.02 Å². The molecule has 0 amide bonds. The lowest BCUT2D eigenvalue weighted by atomic mass is 10.4. The van der Waals surface area contributed by atoms with E-state index in [0.29, 0.717) is 10.0 Å². The van der Waals surface area contributed by atoms with Gasteiger partial charge in [-0.2, -0.15) is 8.42 Å². The second kappa shape index (κ2) is 12.9. The molecule has 0 bridgehead atoms. The highest BCUT2D eigenvalue weighted by Crippen LogP contribution is 2.23. The molecule has 0 saturated heterocycles. The number of benzene rings is 3. The first-order valence-electron chi connectivity index (χ1n) is 7.56. The Balaban J connectivity index is 0.000000536. The predicted octanol–water partition coefficient (Wildman–Crippen LogP) is 6.15. The van der Waals surface area contributed by atoms with Crippen molar-refractivity contribution in [2.45, 2.75) is 17.2 Å². The van der Waals surface area contributed by atoms with Gasteiger partial charge in [-0.05, 0) is 60.7 Å². The van der Waals surface area contributed by atoms with E-state index in [9.17, 15) is 8.42 Å². The maximum Gasteiger partial charge on any atom is 0.394 e. The van der Waals surface area contributed by atoms with E-state index < -0.39 is 20.2 Å². The summed E-state index contributed by atoms with van der Waals surface area (Å²) in [5, 5.41) is 1.79. The molecule has 6 nitrogen and oxygen atoms in total. The molecule has 0 heterocycles. The zero-order valence-electron chi connectivity index (χ0n) is 14.5. The van der Waals surface area contributed by atoms with E-state index in [-0.39, 0.29) is 17.2 Å². The van der Waals surface area contributed by atoms with Gasteiger partial charge < -0.3 is 0 Å². The fraction of sp³-hybridized carbons (Fsp3) is 0.0526. The second-order valence-corrected chi connectivity index (χ2v) is 9.31. The zero-order chi connectivity index (χ0) is 22.1. The summed E-state index contributed by atoms with van der Waals surface area (Å²) in [6.07, 6.45) is 0. The van der Waals surface area contributed by atoms with Crippen molar-refractivity contribution in [1.82, 2.24) is 0 Å². The van der Waals surface area contributed by atoms with Crippen molar-refractivity contribution in [3.05, 3.63) is 93.9 Å². The first kappa shape index (κ1) is 28.4. The molecule has 0 unspecified atom stereocenters. The standard InChI is InChI=1S/C12H8Cl2O2S.C6H5Cl.CH4.H2O4S/c13-9-1-5-11(6-2-9)17(15,16)12-7-3-10(14)4-8-12;7-6-4-2-1-3-5-6;;1-5(2,3)4/h1-8H;1-5H;1H4;(H2,1,2,3,4). The Labute approximate surface area is 191 Å². The molecule has 30 heavy (non-hydrogen) atoms. The highest BCUT2D eigenvalue weighted by Gasteiger charge is 2.16. The minimum atomic E-state index is -4.67. The summed E-state index contributed by atoms with van der Waals surface area (Å²) in [6, 6.07) is 21.5. The van der Waals surface area contributed by atoms with Crippen LogP contribution in [0.25, 0.3) is 0 Å². The molecule has 0 fully saturated rings. The van der Waals surface area contributed by atoms with Gasteiger partial charge in [0.1, 0.15) is 0 Å². The maximum absolute atomic E-state index is 12.2. The zero-order valence-corrected chi connectivity index (χ0v) is 18.4. The van der Waals surface area contributed by atoms with Crippen LogP contribution >= 0.6 is 34.8 Å². The van der Waals surface area contributed by atoms with Gasteiger partial charge in [-0.1, -0.05) is 60.4 Å². The van der Waals surface area contributed by atoms with Crippen LogP contribution in [-0.2, 0) is 20.2 Å². The van der Waals surface area contributed by atoms with E-state index in [4.69, 9.17) is 52.3 Å². The van der Waals surface area contributed by atoms with Gasteiger partial charge in [-0.3, -0.25) is 9.11 Å². The van der Waals surface area contributed by atoms with Gasteiger partial charge in [0.15, 0.2) is 0 Å². The number of rotatable bonds is 2. The molecule has 3 rings (SSSR count). The average Bonchev–Trinajstić information content (AvgIpc) is 2.62. The normalized spacial score (nSPS) is 10.4. The third-order valence-corrected chi connectivity index (χ3v) is 5.52. The van der Waals surface area contributed by atoms with Gasteiger partial charge in [0.2, 0.25) is 9.84 Å². The fourth-order valence-corrected chi connectivity index (χ4v) is 3.44. The Bertz CT molecular complexity index is 1040. The second-order valence-electron chi connectivity index (χ2n) is 5.15. The topological polar surface area (TPSA) is 109 Å². The summed E-state index contributed by atoms with van der Waals surface area (Å²) in [5.74, 6) is 0. The average molecular weight is 514 g/mol. The van der Waals surface area contributed by atoms with Crippen LogP contribution < -0.4 is 0 Å². The Morgan fingerprint density at radius 1 is 0.533 bits per heavy atom. The molecule has 0 radical (unpaired) electrons. The third-order valence-electron chi connectivity index (χ3n) is 2.98. The molecule has 0 aromatic heterocycles. The summed E-state index contributed by atoms with van der Waals surface area (Å²) < 4.78 is 55.9. The molecule has 3 aromatic rings. The van der Waals surface area contributed by atoms with Crippen LogP contribution in [0.4, 0.5) is 0 Å². The highest BCUT2D eigenvalue weighted by atomic mass is 35.5. The van der Waals surface area contributed by atoms with Gasteiger partial charge in [0.25, 0.3) is 0 Å². The van der Waals surface area contributed by atoms with Crippen LogP contribution in [0.5, 0.6) is 0 Å². The molecule has 0 atom stereocenters. The first-order chi connectivity index (χ1) is 13.4. The summed E-state index contributed by atoms with van der Waals surface area (Å²) >= 11 is 17.0. The summed E-state index contributed by atoms with van der Waals surface area (Å²) in [5.41, 5.74) is 0. The number of hydrogen-bond acceptors (Lipinski definition) is 4. The molecule has 0 saturated carbocycles. The Hall–Kier alpha value is -1.65. The molecule has 0 aliphatic carbocycles. The smallest absolute Gasteiger partial charge is 0.264 e. The first-order valence-corrected chi connectivity index (χ1v) is 11.6. The third kappa shape index (κ3) is 11.5. The van der Waals surface area contributed by atoms with Crippen LogP contribution in [0.2, 0.25) is 15.1 Å². The minimum absolute atomic E-state index is 0. The van der Waals surface area contributed by atoms with Gasteiger partial charge >= 0.3 is 10.4 Å². The van der Waals surface area contributed by atoms with Crippen molar-refractivity contribution in [2.75, 3.05) is 0 Å². The molecule has 2 N–H and O–H groups in total. The number of halogens is 3. The van der Waals surface area contributed by atoms with E-state index in [1.807, 2.05) is 30.3 Å². The van der Waals surface area contributed by atoms with Crippen LogP contribution in [0.1, 0.15) is 7.43 Å². The Kier molecular flexibility index (Phi) is 12.2. The van der Waals surface area contributed by atoms with Gasteiger partial charge in [0, 0.05) is 15.1 Å². The quantitative estimate of drug-likeness (QED) is 0.398. The molecule has 164 valence electrons.